The Morgan fingerprint density at radius 1 is 1.22 bits per heavy atom. The van der Waals surface area contributed by atoms with Crippen LogP contribution in [0.5, 0.6) is 0 Å². The molecular formula is C14H20N2O2. The van der Waals surface area contributed by atoms with E-state index in [0.717, 1.165) is 6.42 Å². The van der Waals surface area contributed by atoms with Crippen LogP contribution in [0.2, 0.25) is 0 Å². The van der Waals surface area contributed by atoms with Gasteiger partial charge in [-0.25, -0.2) is 0 Å². The summed E-state index contributed by atoms with van der Waals surface area (Å²) in [5.41, 5.74) is 0.610. The van der Waals surface area contributed by atoms with Crippen molar-refractivity contribution in [3.05, 3.63) is 35.9 Å². The monoisotopic (exact) mass is 248 g/mol. The van der Waals surface area contributed by atoms with Crippen LogP contribution in [0.3, 0.4) is 0 Å². The third-order valence-electron chi connectivity index (χ3n) is 2.48. The van der Waals surface area contributed by atoms with Gasteiger partial charge < -0.3 is 10.6 Å². The average molecular weight is 248 g/mol. The Kier molecular flexibility index (Phi) is 5.91. The summed E-state index contributed by atoms with van der Waals surface area (Å²) in [7, 11) is 0. The SMILES string of the molecule is CCCNC(=O)C[C@@H](C)NC(=O)c1ccccc1. The maximum absolute atomic E-state index is 11.8. The minimum atomic E-state index is -0.172. The maximum atomic E-state index is 11.8. The van der Waals surface area contributed by atoms with Gasteiger partial charge in [-0.15, -0.1) is 0 Å². The largest absolute Gasteiger partial charge is 0.356 e. The van der Waals surface area contributed by atoms with Crippen molar-refractivity contribution in [3.63, 3.8) is 0 Å². The van der Waals surface area contributed by atoms with Gasteiger partial charge in [-0.2, -0.15) is 0 Å². The van der Waals surface area contributed by atoms with Crippen molar-refractivity contribution in [2.24, 2.45) is 0 Å². The molecule has 0 heterocycles. The highest BCUT2D eigenvalue weighted by Crippen LogP contribution is 2.00. The molecule has 1 aromatic carbocycles. The Hall–Kier alpha value is -1.84. The number of hydrogen-bond donors (Lipinski definition) is 2. The van der Waals surface area contributed by atoms with E-state index in [4.69, 9.17) is 0 Å². The van der Waals surface area contributed by atoms with Gasteiger partial charge in [-0.1, -0.05) is 25.1 Å². The van der Waals surface area contributed by atoms with E-state index in [1.54, 1.807) is 12.1 Å². The highest BCUT2D eigenvalue weighted by Gasteiger charge is 2.12. The topological polar surface area (TPSA) is 58.2 Å². The van der Waals surface area contributed by atoms with Crippen molar-refractivity contribution in [1.29, 1.82) is 0 Å². The molecule has 2 amide bonds. The van der Waals surface area contributed by atoms with E-state index in [0.29, 0.717) is 18.5 Å². The second-order valence-corrected chi connectivity index (χ2v) is 4.29. The molecule has 0 aliphatic rings. The third-order valence-corrected chi connectivity index (χ3v) is 2.48. The second-order valence-electron chi connectivity index (χ2n) is 4.29. The van der Waals surface area contributed by atoms with Crippen molar-refractivity contribution >= 4 is 11.8 Å². The predicted octanol–water partition coefficient (Wildman–Crippen LogP) is 1.72. The molecule has 2 N–H and O–H groups in total. The van der Waals surface area contributed by atoms with Crippen LogP contribution in [0.4, 0.5) is 0 Å². The summed E-state index contributed by atoms with van der Waals surface area (Å²) in [6.45, 7) is 4.51. The Morgan fingerprint density at radius 3 is 2.50 bits per heavy atom. The number of benzene rings is 1. The minimum absolute atomic E-state index is 0.0299. The molecular weight excluding hydrogens is 228 g/mol. The fourth-order valence-electron chi connectivity index (χ4n) is 1.56. The van der Waals surface area contributed by atoms with Crippen LogP contribution in [-0.2, 0) is 4.79 Å². The number of hydrogen-bond acceptors (Lipinski definition) is 2. The van der Waals surface area contributed by atoms with Crippen LogP contribution < -0.4 is 10.6 Å². The zero-order chi connectivity index (χ0) is 13.4. The Morgan fingerprint density at radius 2 is 1.89 bits per heavy atom. The van der Waals surface area contributed by atoms with Gasteiger partial charge in [0, 0.05) is 24.6 Å². The second kappa shape index (κ2) is 7.48. The lowest BCUT2D eigenvalue weighted by Crippen LogP contribution is -2.37. The molecule has 0 aliphatic heterocycles. The lowest BCUT2D eigenvalue weighted by molar-refractivity contribution is -0.121. The number of nitrogens with one attached hydrogen (secondary N) is 2. The molecule has 0 radical (unpaired) electrons. The van der Waals surface area contributed by atoms with Crippen LogP contribution in [-0.4, -0.2) is 24.4 Å². The number of amides is 2. The lowest BCUT2D eigenvalue weighted by Gasteiger charge is -2.13. The molecule has 0 bridgehead atoms. The fraction of sp³-hybridized carbons (Fsp3) is 0.429. The molecule has 1 atom stereocenters. The van der Waals surface area contributed by atoms with Gasteiger partial charge in [0.15, 0.2) is 0 Å². The predicted molar refractivity (Wildman–Crippen MR) is 71.3 cm³/mol. The summed E-state index contributed by atoms with van der Waals surface area (Å²) in [5, 5.41) is 5.59. The average Bonchev–Trinajstić information content (AvgIpc) is 2.37. The molecule has 0 unspecified atom stereocenters. The van der Waals surface area contributed by atoms with E-state index >= 15 is 0 Å². The molecule has 0 fully saturated rings. The van der Waals surface area contributed by atoms with Crippen LogP contribution in [0.25, 0.3) is 0 Å². The molecule has 1 aromatic rings. The molecule has 0 aromatic heterocycles. The van der Waals surface area contributed by atoms with Crippen molar-refractivity contribution in [3.8, 4) is 0 Å². The minimum Gasteiger partial charge on any atom is -0.356 e. The summed E-state index contributed by atoms with van der Waals surface area (Å²) in [6.07, 6.45) is 1.22. The first-order valence-electron chi connectivity index (χ1n) is 6.26. The highest BCUT2D eigenvalue weighted by molar-refractivity contribution is 5.94. The molecule has 4 heteroatoms. The van der Waals surface area contributed by atoms with Gasteiger partial charge in [0.1, 0.15) is 0 Å². The van der Waals surface area contributed by atoms with Gasteiger partial charge >= 0.3 is 0 Å². The first-order chi connectivity index (χ1) is 8.63. The fourth-order valence-corrected chi connectivity index (χ4v) is 1.56. The van der Waals surface area contributed by atoms with Gasteiger partial charge in [-0.3, -0.25) is 9.59 Å². The Balaban J connectivity index is 2.38. The normalized spacial score (nSPS) is 11.7. The smallest absolute Gasteiger partial charge is 0.251 e. The first kappa shape index (κ1) is 14.2. The molecule has 98 valence electrons. The van der Waals surface area contributed by atoms with E-state index in [1.165, 1.54) is 0 Å². The van der Waals surface area contributed by atoms with Gasteiger partial charge in [0.05, 0.1) is 0 Å². The lowest BCUT2D eigenvalue weighted by atomic mass is 10.1. The van der Waals surface area contributed by atoms with Gasteiger partial charge in [-0.05, 0) is 25.5 Å². The van der Waals surface area contributed by atoms with E-state index in [-0.39, 0.29) is 17.9 Å². The maximum Gasteiger partial charge on any atom is 0.251 e. The molecule has 0 spiro atoms. The van der Waals surface area contributed by atoms with Crippen molar-refractivity contribution in [1.82, 2.24) is 10.6 Å². The van der Waals surface area contributed by atoms with Gasteiger partial charge in [0.25, 0.3) is 5.91 Å². The summed E-state index contributed by atoms with van der Waals surface area (Å²) in [5.74, 6) is -0.177. The van der Waals surface area contributed by atoms with Crippen LogP contribution in [0.1, 0.15) is 37.0 Å². The van der Waals surface area contributed by atoms with Crippen molar-refractivity contribution in [2.75, 3.05) is 6.54 Å². The van der Waals surface area contributed by atoms with Crippen molar-refractivity contribution in [2.45, 2.75) is 32.7 Å². The Bertz CT molecular complexity index is 390. The number of carbonyl (C=O) groups excluding carboxylic acids is 2. The summed E-state index contributed by atoms with van der Waals surface area (Å²) in [6, 6.07) is 8.81. The van der Waals surface area contributed by atoms with E-state index in [1.807, 2.05) is 32.0 Å². The molecule has 0 saturated carbocycles. The van der Waals surface area contributed by atoms with Crippen LogP contribution >= 0.6 is 0 Å². The summed E-state index contributed by atoms with van der Waals surface area (Å²) < 4.78 is 0. The Labute approximate surface area is 108 Å². The van der Waals surface area contributed by atoms with E-state index in [9.17, 15) is 9.59 Å². The van der Waals surface area contributed by atoms with Crippen molar-refractivity contribution < 1.29 is 9.59 Å². The zero-order valence-electron chi connectivity index (χ0n) is 10.9. The van der Waals surface area contributed by atoms with E-state index < -0.39 is 0 Å². The summed E-state index contributed by atoms with van der Waals surface area (Å²) >= 11 is 0. The molecule has 0 aliphatic carbocycles. The molecule has 1 rings (SSSR count). The number of carbonyl (C=O) groups is 2. The molecule has 0 saturated heterocycles. The van der Waals surface area contributed by atoms with Crippen LogP contribution in [0, 0.1) is 0 Å². The van der Waals surface area contributed by atoms with Gasteiger partial charge in [0.2, 0.25) is 5.91 Å². The first-order valence-corrected chi connectivity index (χ1v) is 6.26. The standard InChI is InChI=1S/C14H20N2O2/c1-3-9-15-13(17)10-11(2)16-14(18)12-7-5-4-6-8-12/h4-8,11H,3,9-10H2,1-2H3,(H,15,17)(H,16,18)/t11-/m1/s1. The zero-order valence-corrected chi connectivity index (χ0v) is 10.9. The highest BCUT2D eigenvalue weighted by atomic mass is 16.2. The number of rotatable bonds is 6. The van der Waals surface area contributed by atoms with E-state index in [2.05, 4.69) is 10.6 Å². The van der Waals surface area contributed by atoms with Crippen LogP contribution in [0.15, 0.2) is 30.3 Å². The quantitative estimate of drug-likeness (QED) is 0.805. The summed E-state index contributed by atoms with van der Waals surface area (Å²) in [4.78, 5) is 23.3. The molecule has 18 heavy (non-hydrogen) atoms. The molecule has 4 nitrogen and oxygen atoms in total. The third kappa shape index (κ3) is 4.99.